The van der Waals surface area contributed by atoms with Gasteiger partial charge in [0.25, 0.3) is 0 Å². The van der Waals surface area contributed by atoms with E-state index in [-0.39, 0.29) is 5.54 Å². The van der Waals surface area contributed by atoms with Crippen molar-refractivity contribution in [2.24, 2.45) is 5.92 Å². The molecule has 3 N–H and O–H groups in total. The van der Waals surface area contributed by atoms with Crippen molar-refractivity contribution in [3.8, 4) is 0 Å². The third-order valence-corrected chi connectivity index (χ3v) is 3.84. The molecule has 0 bridgehead atoms. The fraction of sp³-hybridized carbons (Fsp3) is 1.00. The normalized spacial score (nSPS) is 27.2. The van der Waals surface area contributed by atoms with Crippen LogP contribution in [-0.4, -0.2) is 36.9 Å². The molecular weight excluding hydrogens is 176 g/mol. The van der Waals surface area contributed by atoms with E-state index in [1.54, 1.807) is 0 Å². The highest BCUT2D eigenvalue weighted by Crippen LogP contribution is 2.31. The van der Waals surface area contributed by atoms with Gasteiger partial charge in [-0.3, -0.25) is 0 Å². The molecule has 2 rings (SSSR count). The second-order valence-electron chi connectivity index (χ2n) is 4.87. The predicted octanol–water partition coefficient (Wildman–Crippen LogP) is 0.491. The van der Waals surface area contributed by atoms with Crippen molar-refractivity contribution < 1.29 is 5.11 Å². The smallest absolute Gasteiger partial charge is 0.0613 e. The van der Waals surface area contributed by atoms with Crippen LogP contribution in [0, 0.1) is 5.92 Å². The molecule has 1 saturated heterocycles. The molecular formula is C11H22N2O. The summed E-state index contributed by atoms with van der Waals surface area (Å²) in [5.74, 6) is 0.820. The lowest BCUT2D eigenvalue weighted by Crippen LogP contribution is -2.55. The summed E-state index contributed by atoms with van der Waals surface area (Å²) in [4.78, 5) is 0. The summed E-state index contributed by atoms with van der Waals surface area (Å²) in [6.07, 6.45) is 6.17. The summed E-state index contributed by atoms with van der Waals surface area (Å²) >= 11 is 0. The Balaban J connectivity index is 1.69. The molecule has 2 aliphatic rings. The Morgan fingerprint density at radius 3 is 2.50 bits per heavy atom. The van der Waals surface area contributed by atoms with Gasteiger partial charge in [0.1, 0.15) is 0 Å². The zero-order valence-corrected chi connectivity index (χ0v) is 8.89. The van der Waals surface area contributed by atoms with Gasteiger partial charge >= 0.3 is 0 Å². The van der Waals surface area contributed by atoms with E-state index in [0.717, 1.165) is 25.3 Å². The maximum absolute atomic E-state index is 9.29. The molecule has 3 nitrogen and oxygen atoms in total. The molecule has 14 heavy (non-hydrogen) atoms. The second kappa shape index (κ2) is 4.60. The molecule has 0 unspecified atom stereocenters. The second-order valence-corrected chi connectivity index (χ2v) is 4.87. The van der Waals surface area contributed by atoms with E-state index in [1.807, 2.05) is 0 Å². The maximum Gasteiger partial charge on any atom is 0.0613 e. The summed E-state index contributed by atoms with van der Waals surface area (Å²) in [5, 5.41) is 16.2. The van der Waals surface area contributed by atoms with Crippen LogP contribution in [0.4, 0.5) is 0 Å². The highest BCUT2D eigenvalue weighted by molar-refractivity contribution is 4.95. The fourth-order valence-electron chi connectivity index (χ4n) is 2.44. The van der Waals surface area contributed by atoms with Crippen molar-refractivity contribution in [3.05, 3.63) is 0 Å². The van der Waals surface area contributed by atoms with Crippen LogP contribution in [0.2, 0.25) is 0 Å². The van der Waals surface area contributed by atoms with Gasteiger partial charge in [0.2, 0.25) is 0 Å². The Kier molecular flexibility index (Phi) is 3.42. The van der Waals surface area contributed by atoms with Gasteiger partial charge in [-0.1, -0.05) is 0 Å². The summed E-state index contributed by atoms with van der Waals surface area (Å²) in [6, 6.07) is 0. The lowest BCUT2D eigenvalue weighted by Gasteiger charge is -2.42. The van der Waals surface area contributed by atoms with Gasteiger partial charge in [0.15, 0.2) is 0 Å². The first-order valence-corrected chi connectivity index (χ1v) is 5.91. The van der Waals surface area contributed by atoms with Crippen molar-refractivity contribution >= 4 is 0 Å². The lowest BCUT2D eigenvalue weighted by molar-refractivity contribution is 0.0825. The molecule has 0 aromatic heterocycles. The molecule has 0 aromatic carbocycles. The molecule has 0 atom stereocenters. The summed E-state index contributed by atoms with van der Waals surface area (Å²) in [7, 11) is 0. The molecule has 1 aliphatic carbocycles. The van der Waals surface area contributed by atoms with E-state index in [4.69, 9.17) is 0 Å². The van der Waals surface area contributed by atoms with Gasteiger partial charge in [-0.2, -0.15) is 0 Å². The third kappa shape index (κ3) is 2.27. The van der Waals surface area contributed by atoms with Crippen LogP contribution in [0.5, 0.6) is 0 Å². The SMILES string of the molecule is OCC1(NCC2CCNCC2)CCC1. The van der Waals surface area contributed by atoms with E-state index in [2.05, 4.69) is 10.6 Å². The third-order valence-electron chi connectivity index (χ3n) is 3.84. The van der Waals surface area contributed by atoms with Gasteiger partial charge in [0, 0.05) is 5.54 Å². The Morgan fingerprint density at radius 1 is 1.29 bits per heavy atom. The van der Waals surface area contributed by atoms with E-state index < -0.39 is 0 Å². The van der Waals surface area contributed by atoms with Crippen LogP contribution in [0.25, 0.3) is 0 Å². The molecule has 1 heterocycles. The fourth-order valence-corrected chi connectivity index (χ4v) is 2.44. The van der Waals surface area contributed by atoms with Crippen molar-refractivity contribution in [2.75, 3.05) is 26.2 Å². The molecule has 3 heteroatoms. The lowest BCUT2D eigenvalue weighted by atomic mass is 9.77. The summed E-state index contributed by atoms with van der Waals surface area (Å²) in [5.41, 5.74) is 0.102. The van der Waals surface area contributed by atoms with Crippen molar-refractivity contribution in [1.29, 1.82) is 0 Å². The first-order valence-electron chi connectivity index (χ1n) is 5.91. The Labute approximate surface area is 86.3 Å². The van der Waals surface area contributed by atoms with Crippen molar-refractivity contribution in [3.63, 3.8) is 0 Å². The van der Waals surface area contributed by atoms with Crippen molar-refractivity contribution in [2.45, 2.75) is 37.6 Å². The zero-order valence-electron chi connectivity index (χ0n) is 8.89. The quantitative estimate of drug-likeness (QED) is 0.616. The van der Waals surface area contributed by atoms with Gasteiger partial charge < -0.3 is 15.7 Å². The average Bonchev–Trinajstić information content (AvgIpc) is 2.19. The number of hydrogen-bond acceptors (Lipinski definition) is 3. The summed E-state index contributed by atoms with van der Waals surface area (Å²) < 4.78 is 0. The van der Waals surface area contributed by atoms with Crippen LogP contribution in [-0.2, 0) is 0 Å². The van der Waals surface area contributed by atoms with E-state index in [1.165, 1.54) is 32.4 Å². The minimum atomic E-state index is 0.102. The van der Waals surface area contributed by atoms with Gasteiger partial charge in [-0.05, 0) is 57.7 Å². The number of aliphatic hydroxyl groups is 1. The van der Waals surface area contributed by atoms with Crippen LogP contribution in [0.15, 0.2) is 0 Å². The highest BCUT2D eigenvalue weighted by atomic mass is 16.3. The topological polar surface area (TPSA) is 44.3 Å². The van der Waals surface area contributed by atoms with Crippen LogP contribution >= 0.6 is 0 Å². The maximum atomic E-state index is 9.29. The molecule has 2 fully saturated rings. The van der Waals surface area contributed by atoms with Gasteiger partial charge in [-0.25, -0.2) is 0 Å². The standard InChI is InChI=1S/C11H22N2O/c14-9-11(4-1-5-11)13-8-10-2-6-12-7-3-10/h10,12-14H,1-9H2. The Hall–Kier alpha value is -0.120. The van der Waals surface area contributed by atoms with Crippen LogP contribution in [0.1, 0.15) is 32.1 Å². The van der Waals surface area contributed by atoms with Crippen LogP contribution in [0.3, 0.4) is 0 Å². The molecule has 1 saturated carbocycles. The number of hydrogen-bond donors (Lipinski definition) is 3. The number of rotatable bonds is 4. The van der Waals surface area contributed by atoms with E-state index >= 15 is 0 Å². The zero-order chi connectivity index (χ0) is 9.86. The molecule has 0 radical (unpaired) electrons. The average molecular weight is 198 g/mol. The molecule has 0 amide bonds. The monoisotopic (exact) mass is 198 g/mol. The number of nitrogens with one attached hydrogen (secondary N) is 2. The minimum Gasteiger partial charge on any atom is -0.394 e. The Bertz CT molecular complexity index is 169. The van der Waals surface area contributed by atoms with Crippen molar-refractivity contribution in [1.82, 2.24) is 10.6 Å². The Morgan fingerprint density at radius 2 is 2.00 bits per heavy atom. The molecule has 82 valence electrons. The molecule has 1 aliphatic heterocycles. The molecule has 0 aromatic rings. The first kappa shape index (κ1) is 10.4. The van der Waals surface area contributed by atoms with E-state index in [0.29, 0.717) is 6.61 Å². The largest absolute Gasteiger partial charge is 0.394 e. The predicted molar refractivity (Wildman–Crippen MR) is 57.3 cm³/mol. The van der Waals surface area contributed by atoms with Gasteiger partial charge in [-0.15, -0.1) is 0 Å². The van der Waals surface area contributed by atoms with Gasteiger partial charge in [0.05, 0.1) is 6.61 Å². The number of aliphatic hydroxyl groups excluding tert-OH is 1. The minimum absolute atomic E-state index is 0.102. The highest BCUT2D eigenvalue weighted by Gasteiger charge is 2.36. The summed E-state index contributed by atoms with van der Waals surface area (Å²) in [6.45, 7) is 3.75. The van der Waals surface area contributed by atoms with Crippen LogP contribution < -0.4 is 10.6 Å². The first-order chi connectivity index (χ1) is 6.85. The molecule has 0 spiro atoms. The van der Waals surface area contributed by atoms with E-state index in [9.17, 15) is 5.11 Å². The number of piperidine rings is 1.